The van der Waals surface area contributed by atoms with E-state index in [1.165, 1.54) is 38.5 Å². The molecule has 0 bridgehead atoms. The summed E-state index contributed by atoms with van der Waals surface area (Å²) in [5, 5.41) is 0. The van der Waals surface area contributed by atoms with Crippen molar-refractivity contribution in [3.05, 3.63) is 48.1 Å². The average molecular weight is 232 g/mol. The van der Waals surface area contributed by atoms with Gasteiger partial charge in [-0.3, -0.25) is 0 Å². The third-order valence-electron chi connectivity index (χ3n) is 2.75. The third-order valence-corrected chi connectivity index (χ3v) is 2.75. The molecule has 0 aromatic rings. The van der Waals surface area contributed by atoms with Crippen LogP contribution in [-0.2, 0) is 0 Å². The molecule has 0 atom stereocenters. The maximum atomic E-state index is 3.36. The minimum absolute atomic E-state index is 1.17. The Morgan fingerprint density at radius 1 is 1.06 bits per heavy atom. The molecule has 17 heavy (non-hydrogen) atoms. The Balaban J connectivity index is 0.000000770. The molecule has 1 aliphatic carbocycles. The second-order valence-corrected chi connectivity index (χ2v) is 4.32. The average Bonchev–Trinajstić information content (AvgIpc) is 2.54. The predicted molar refractivity (Wildman–Crippen MR) is 80.2 cm³/mol. The molecule has 0 heterocycles. The lowest BCUT2D eigenvalue weighted by Gasteiger charge is -2.06. The Morgan fingerprint density at radius 2 is 1.65 bits per heavy atom. The fourth-order valence-corrected chi connectivity index (χ4v) is 2.01. The zero-order valence-electron chi connectivity index (χ0n) is 11.8. The Hall–Kier alpha value is -1.04. The van der Waals surface area contributed by atoms with Gasteiger partial charge in [0, 0.05) is 0 Å². The van der Waals surface area contributed by atoms with E-state index in [2.05, 4.69) is 44.7 Å². The van der Waals surface area contributed by atoms with Crippen molar-refractivity contribution in [3.8, 4) is 0 Å². The molecule has 0 heteroatoms. The highest BCUT2D eigenvalue weighted by Gasteiger charge is 2.08. The predicted octanol–water partition coefficient (Wildman–Crippen LogP) is 5.98. The van der Waals surface area contributed by atoms with Crippen molar-refractivity contribution in [2.75, 3.05) is 0 Å². The second-order valence-electron chi connectivity index (χ2n) is 4.32. The fraction of sp³-hybridized carbons (Fsp3) is 0.529. The van der Waals surface area contributed by atoms with Crippen LogP contribution in [0, 0.1) is 0 Å². The van der Waals surface area contributed by atoms with Gasteiger partial charge in [0.15, 0.2) is 0 Å². The molecular formula is C17H28. The van der Waals surface area contributed by atoms with E-state index in [0.717, 1.165) is 0 Å². The first-order chi connectivity index (χ1) is 8.29. The molecule has 1 rings (SSSR count). The van der Waals surface area contributed by atoms with Gasteiger partial charge in [-0.1, -0.05) is 43.7 Å². The van der Waals surface area contributed by atoms with Crippen LogP contribution in [0.25, 0.3) is 0 Å². The van der Waals surface area contributed by atoms with E-state index in [4.69, 9.17) is 0 Å². The zero-order chi connectivity index (χ0) is 12.9. The largest absolute Gasteiger partial charge is 0.103 e. The summed E-state index contributed by atoms with van der Waals surface area (Å²) in [6, 6.07) is 0. The van der Waals surface area contributed by atoms with Crippen LogP contribution in [0.15, 0.2) is 48.1 Å². The molecule has 1 aliphatic rings. The molecule has 0 aromatic carbocycles. The first-order valence-corrected chi connectivity index (χ1v) is 6.88. The number of allylic oxidation sites excluding steroid dienone is 7. The Kier molecular flexibility index (Phi) is 10.7. The SMILES string of the molecule is C=CC.C\C=C/C=C1/CCCCC/C1=C/CC. The summed E-state index contributed by atoms with van der Waals surface area (Å²) in [4.78, 5) is 0. The lowest BCUT2D eigenvalue weighted by Crippen LogP contribution is -1.86. The standard InChI is InChI=1S/C14H22.C3H6/c1-3-5-10-14-12-8-6-7-11-13(14)9-4-2;1-3-2/h3,5,9-10H,4,6-8,11-12H2,1-2H3;3H,1H2,2H3/b5-3-,13-9-,14-10-;. The minimum Gasteiger partial charge on any atom is -0.103 e. The maximum Gasteiger partial charge on any atom is -0.0276 e. The van der Waals surface area contributed by atoms with Crippen molar-refractivity contribution in [3.63, 3.8) is 0 Å². The molecule has 0 aromatic heterocycles. The maximum absolute atomic E-state index is 3.36. The van der Waals surface area contributed by atoms with Crippen molar-refractivity contribution in [1.29, 1.82) is 0 Å². The summed E-state index contributed by atoms with van der Waals surface area (Å²) >= 11 is 0. The van der Waals surface area contributed by atoms with Crippen LogP contribution in [0.2, 0.25) is 0 Å². The number of hydrogen-bond donors (Lipinski definition) is 0. The molecule has 0 amide bonds. The first kappa shape index (κ1) is 16.0. The van der Waals surface area contributed by atoms with Gasteiger partial charge >= 0.3 is 0 Å². The summed E-state index contributed by atoms with van der Waals surface area (Å²) in [6.45, 7) is 9.56. The van der Waals surface area contributed by atoms with Gasteiger partial charge in [-0.15, -0.1) is 6.58 Å². The molecule has 0 aliphatic heterocycles. The topological polar surface area (TPSA) is 0 Å². The molecule has 1 saturated carbocycles. The van der Waals surface area contributed by atoms with Gasteiger partial charge in [0.1, 0.15) is 0 Å². The Morgan fingerprint density at radius 3 is 2.18 bits per heavy atom. The quantitative estimate of drug-likeness (QED) is 0.405. The molecule has 0 spiro atoms. The highest BCUT2D eigenvalue weighted by molar-refractivity contribution is 5.34. The van der Waals surface area contributed by atoms with E-state index < -0.39 is 0 Å². The Bertz CT molecular complexity index is 276. The Labute approximate surface area is 108 Å². The van der Waals surface area contributed by atoms with E-state index in [1.54, 1.807) is 17.2 Å². The summed E-state index contributed by atoms with van der Waals surface area (Å²) in [7, 11) is 0. The fourth-order valence-electron chi connectivity index (χ4n) is 2.01. The van der Waals surface area contributed by atoms with Crippen molar-refractivity contribution >= 4 is 0 Å². The molecule has 0 nitrogen and oxygen atoms in total. The van der Waals surface area contributed by atoms with Crippen molar-refractivity contribution in [1.82, 2.24) is 0 Å². The summed E-state index contributed by atoms with van der Waals surface area (Å²) in [6.07, 6.45) is 18.6. The van der Waals surface area contributed by atoms with E-state index in [9.17, 15) is 0 Å². The highest BCUT2D eigenvalue weighted by Crippen LogP contribution is 2.27. The van der Waals surface area contributed by atoms with Gasteiger partial charge < -0.3 is 0 Å². The normalized spacial score (nSPS) is 21.1. The van der Waals surface area contributed by atoms with Crippen molar-refractivity contribution < 1.29 is 0 Å². The van der Waals surface area contributed by atoms with Gasteiger partial charge in [-0.2, -0.15) is 0 Å². The second kappa shape index (κ2) is 11.4. The lowest BCUT2D eigenvalue weighted by molar-refractivity contribution is 0.719. The summed E-state index contributed by atoms with van der Waals surface area (Å²) < 4.78 is 0. The van der Waals surface area contributed by atoms with Crippen LogP contribution in [0.4, 0.5) is 0 Å². The smallest absolute Gasteiger partial charge is 0.0276 e. The molecule has 0 radical (unpaired) electrons. The van der Waals surface area contributed by atoms with E-state index in [1.807, 2.05) is 6.92 Å². The molecule has 0 N–H and O–H groups in total. The van der Waals surface area contributed by atoms with Crippen molar-refractivity contribution in [2.24, 2.45) is 0 Å². The van der Waals surface area contributed by atoms with Gasteiger partial charge in [0.05, 0.1) is 0 Å². The number of rotatable bonds is 2. The lowest BCUT2D eigenvalue weighted by atomic mass is 10.00. The van der Waals surface area contributed by atoms with Crippen LogP contribution >= 0.6 is 0 Å². The van der Waals surface area contributed by atoms with E-state index in [-0.39, 0.29) is 0 Å². The minimum atomic E-state index is 1.17. The number of hydrogen-bond acceptors (Lipinski definition) is 0. The van der Waals surface area contributed by atoms with Crippen molar-refractivity contribution in [2.45, 2.75) is 59.3 Å². The third kappa shape index (κ3) is 7.79. The molecule has 1 fully saturated rings. The summed E-state index contributed by atoms with van der Waals surface area (Å²) in [5.74, 6) is 0. The van der Waals surface area contributed by atoms with E-state index >= 15 is 0 Å². The highest BCUT2D eigenvalue weighted by atomic mass is 14.1. The van der Waals surface area contributed by atoms with Crippen LogP contribution in [0.1, 0.15) is 59.3 Å². The van der Waals surface area contributed by atoms with Crippen LogP contribution in [0.3, 0.4) is 0 Å². The monoisotopic (exact) mass is 232 g/mol. The summed E-state index contributed by atoms with van der Waals surface area (Å²) in [5.41, 5.74) is 3.17. The first-order valence-electron chi connectivity index (χ1n) is 6.88. The van der Waals surface area contributed by atoms with Crippen LogP contribution < -0.4 is 0 Å². The van der Waals surface area contributed by atoms with Gasteiger partial charge in [0.2, 0.25) is 0 Å². The van der Waals surface area contributed by atoms with Crippen LogP contribution in [0.5, 0.6) is 0 Å². The molecule has 96 valence electrons. The molecule has 0 unspecified atom stereocenters. The zero-order valence-corrected chi connectivity index (χ0v) is 11.8. The molecular weight excluding hydrogens is 204 g/mol. The van der Waals surface area contributed by atoms with E-state index in [0.29, 0.717) is 0 Å². The van der Waals surface area contributed by atoms with Gasteiger partial charge in [-0.05, 0) is 57.1 Å². The van der Waals surface area contributed by atoms with Gasteiger partial charge in [-0.25, -0.2) is 0 Å². The van der Waals surface area contributed by atoms with Crippen LogP contribution in [-0.4, -0.2) is 0 Å². The van der Waals surface area contributed by atoms with Gasteiger partial charge in [0.25, 0.3) is 0 Å². The molecule has 0 saturated heterocycles.